The van der Waals surface area contributed by atoms with E-state index in [1.54, 1.807) is 0 Å². The number of hydrogen-bond donors (Lipinski definition) is 1. The van der Waals surface area contributed by atoms with Crippen molar-refractivity contribution in [2.45, 2.75) is 13.5 Å². The predicted octanol–water partition coefficient (Wildman–Crippen LogP) is 4.64. The minimum Gasteiger partial charge on any atom is -0.358 e. The Bertz CT molecular complexity index is 798. The Labute approximate surface area is 148 Å². The molecule has 0 spiro atoms. The van der Waals surface area contributed by atoms with Crippen LogP contribution >= 0.6 is 0 Å². The fourth-order valence-corrected chi connectivity index (χ4v) is 2.69. The molecule has 1 N–H and O–H groups in total. The van der Waals surface area contributed by atoms with Crippen molar-refractivity contribution < 1.29 is 4.79 Å². The van der Waals surface area contributed by atoms with E-state index in [1.807, 2.05) is 79.7 Å². The van der Waals surface area contributed by atoms with E-state index >= 15 is 0 Å². The third kappa shape index (κ3) is 4.95. The maximum Gasteiger partial charge on any atom is 0.243 e. The van der Waals surface area contributed by atoms with Crippen molar-refractivity contribution >= 4 is 17.3 Å². The molecular formula is C22H22N2O. The highest BCUT2D eigenvalue weighted by Gasteiger charge is 2.12. The SMILES string of the molecule is Cc1ccc(NC(=O)CN(Cc2ccccc2)c2ccccc2)cc1. The van der Waals surface area contributed by atoms with Gasteiger partial charge in [-0.3, -0.25) is 4.79 Å². The summed E-state index contributed by atoms with van der Waals surface area (Å²) in [6.45, 7) is 3.02. The molecule has 0 unspecified atom stereocenters. The number of benzene rings is 3. The van der Waals surface area contributed by atoms with Crippen molar-refractivity contribution in [2.24, 2.45) is 0 Å². The lowest BCUT2D eigenvalue weighted by Crippen LogP contribution is -2.32. The zero-order chi connectivity index (χ0) is 17.5. The molecule has 126 valence electrons. The number of anilines is 2. The molecule has 0 saturated heterocycles. The molecule has 3 rings (SSSR count). The van der Waals surface area contributed by atoms with Gasteiger partial charge < -0.3 is 10.2 Å². The van der Waals surface area contributed by atoms with Crippen LogP contribution in [-0.4, -0.2) is 12.5 Å². The molecule has 1 amide bonds. The van der Waals surface area contributed by atoms with Gasteiger partial charge in [-0.1, -0.05) is 66.2 Å². The molecule has 3 aromatic carbocycles. The summed E-state index contributed by atoms with van der Waals surface area (Å²) in [7, 11) is 0. The van der Waals surface area contributed by atoms with Gasteiger partial charge in [0.25, 0.3) is 0 Å². The first-order chi connectivity index (χ1) is 12.2. The van der Waals surface area contributed by atoms with Gasteiger partial charge >= 0.3 is 0 Å². The number of para-hydroxylation sites is 1. The molecule has 0 fully saturated rings. The Kier molecular flexibility index (Phi) is 5.47. The van der Waals surface area contributed by atoms with E-state index in [1.165, 1.54) is 11.1 Å². The highest BCUT2D eigenvalue weighted by atomic mass is 16.2. The lowest BCUT2D eigenvalue weighted by Gasteiger charge is -2.24. The van der Waals surface area contributed by atoms with Gasteiger partial charge in [0.05, 0.1) is 6.54 Å². The smallest absolute Gasteiger partial charge is 0.243 e. The molecule has 0 atom stereocenters. The second-order valence-electron chi connectivity index (χ2n) is 6.09. The Morgan fingerprint density at radius 1 is 0.840 bits per heavy atom. The van der Waals surface area contributed by atoms with Crippen LogP contribution in [0.25, 0.3) is 0 Å². The Morgan fingerprint density at radius 3 is 2.08 bits per heavy atom. The molecule has 0 radical (unpaired) electrons. The zero-order valence-electron chi connectivity index (χ0n) is 14.4. The van der Waals surface area contributed by atoms with E-state index < -0.39 is 0 Å². The summed E-state index contributed by atoms with van der Waals surface area (Å²) in [5, 5.41) is 2.97. The Balaban J connectivity index is 1.72. The van der Waals surface area contributed by atoms with Crippen LogP contribution in [0.1, 0.15) is 11.1 Å². The topological polar surface area (TPSA) is 32.3 Å². The lowest BCUT2D eigenvalue weighted by atomic mass is 10.2. The molecule has 0 heterocycles. The molecule has 0 bridgehead atoms. The summed E-state index contributed by atoms with van der Waals surface area (Å²) in [6.07, 6.45) is 0. The molecular weight excluding hydrogens is 308 g/mol. The molecule has 0 aliphatic carbocycles. The summed E-state index contributed by atoms with van der Waals surface area (Å²) in [4.78, 5) is 14.6. The van der Waals surface area contributed by atoms with Gasteiger partial charge in [0.2, 0.25) is 5.91 Å². The highest BCUT2D eigenvalue weighted by molar-refractivity contribution is 5.94. The highest BCUT2D eigenvalue weighted by Crippen LogP contribution is 2.17. The first kappa shape index (κ1) is 16.8. The molecule has 25 heavy (non-hydrogen) atoms. The quantitative estimate of drug-likeness (QED) is 0.714. The van der Waals surface area contributed by atoms with Crippen LogP contribution in [-0.2, 0) is 11.3 Å². The van der Waals surface area contributed by atoms with Gasteiger partial charge in [0.15, 0.2) is 0 Å². The van der Waals surface area contributed by atoms with E-state index in [0.717, 1.165) is 11.4 Å². The molecule has 3 heteroatoms. The third-order valence-electron chi connectivity index (χ3n) is 4.01. The number of hydrogen-bond acceptors (Lipinski definition) is 2. The lowest BCUT2D eigenvalue weighted by molar-refractivity contribution is -0.115. The fourth-order valence-electron chi connectivity index (χ4n) is 2.69. The first-order valence-electron chi connectivity index (χ1n) is 8.41. The number of aryl methyl sites for hydroxylation is 1. The Hall–Kier alpha value is -3.07. The van der Waals surface area contributed by atoms with E-state index in [-0.39, 0.29) is 5.91 Å². The minimum atomic E-state index is -0.0244. The van der Waals surface area contributed by atoms with Crippen LogP contribution in [0, 0.1) is 6.92 Å². The average Bonchev–Trinajstić information content (AvgIpc) is 2.65. The molecule has 0 aliphatic heterocycles. The van der Waals surface area contributed by atoms with E-state index in [9.17, 15) is 4.79 Å². The number of carbonyl (C=O) groups excluding carboxylic acids is 1. The number of nitrogens with one attached hydrogen (secondary N) is 1. The van der Waals surface area contributed by atoms with Gasteiger partial charge in [0.1, 0.15) is 0 Å². The molecule has 0 aromatic heterocycles. The van der Waals surface area contributed by atoms with Crippen molar-refractivity contribution in [1.29, 1.82) is 0 Å². The largest absolute Gasteiger partial charge is 0.358 e. The van der Waals surface area contributed by atoms with Crippen LogP contribution in [0.3, 0.4) is 0 Å². The fraction of sp³-hybridized carbons (Fsp3) is 0.136. The maximum atomic E-state index is 12.5. The first-order valence-corrected chi connectivity index (χ1v) is 8.41. The van der Waals surface area contributed by atoms with Crippen LogP contribution in [0.2, 0.25) is 0 Å². The van der Waals surface area contributed by atoms with E-state index in [4.69, 9.17) is 0 Å². The molecule has 3 nitrogen and oxygen atoms in total. The standard InChI is InChI=1S/C22H22N2O/c1-18-12-14-20(15-13-18)23-22(25)17-24(21-10-6-3-7-11-21)16-19-8-4-2-5-9-19/h2-15H,16-17H2,1H3,(H,23,25). The number of amides is 1. The van der Waals surface area contributed by atoms with Crippen molar-refractivity contribution in [3.8, 4) is 0 Å². The van der Waals surface area contributed by atoms with Gasteiger partial charge in [-0.05, 0) is 36.8 Å². The van der Waals surface area contributed by atoms with Crippen LogP contribution < -0.4 is 10.2 Å². The second kappa shape index (κ2) is 8.15. The third-order valence-corrected chi connectivity index (χ3v) is 4.01. The molecule has 0 aliphatic rings. The van der Waals surface area contributed by atoms with Gasteiger partial charge in [-0.2, -0.15) is 0 Å². The van der Waals surface area contributed by atoms with Crippen LogP contribution in [0.4, 0.5) is 11.4 Å². The van der Waals surface area contributed by atoms with E-state index in [0.29, 0.717) is 13.1 Å². The van der Waals surface area contributed by atoms with Gasteiger partial charge in [0, 0.05) is 17.9 Å². The van der Waals surface area contributed by atoms with Gasteiger partial charge in [-0.15, -0.1) is 0 Å². The number of nitrogens with zero attached hydrogens (tertiary/aromatic N) is 1. The summed E-state index contributed by atoms with van der Waals surface area (Å²) < 4.78 is 0. The van der Waals surface area contributed by atoms with Crippen molar-refractivity contribution in [3.63, 3.8) is 0 Å². The van der Waals surface area contributed by atoms with Crippen molar-refractivity contribution in [1.82, 2.24) is 0 Å². The molecule has 3 aromatic rings. The van der Waals surface area contributed by atoms with Gasteiger partial charge in [-0.25, -0.2) is 0 Å². The van der Waals surface area contributed by atoms with Crippen LogP contribution in [0.15, 0.2) is 84.9 Å². The maximum absolute atomic E-state index is 12.5. The second-order valence-corrected chi connectivity index (χ2v) is 6.09. The monoisotopic (exact) mass is 330 g/mol. The summed E-state index contributed by atoms with van der Waals surface area (Å²) in [6, 6.07) is 28.1. The zero-order valence-corrected chi connectivity index (χ0v) is 14.4. The van der Waals surface area contributed by atoms with Crippen molar-refractivity contribution in [2.75, 3.05) is 16.8 Å². The normalized spacial score (nSPS) is 10.3. The predicted molar refractivity (Wildman–Crippen MR) is 104 cm³/mol. The van der Waals surface area contributed by atoms with E-state index in [2.05, 4.69) is 22.3 Å². The number of rotatable bonds is 6. The minimum absolute atomic E-state index is 0.0244. The number of carbonyl (C=O) groups is 1. The van der Waals surface area contributed by atoms with Crippen molar-refractivity contribution in [3.05, 3.63) is 96.1 Å². The summed E-state index contributed by atoms with van der Waals surface area (Å²) in [5.41, 5.74) is 4.20. The summed E-state index contributed by atoms with van der Waals surface area (Å²) >= 11 is 0. The molecule has 0 saturated carbocycles. The Morgan fingerprint density at radius 2 is 1.44 bits per heavy atom. The summed E-state index contributed by atoms with van der Waals surface area (Å²) in [5.74, 6) is -0.0244. The average molecular weight is 330 g/mol. The van der Waals surface area contributed by atoms with Crippen LogP contribution in [0.5, 0.6) is 0 Å².